The summed E-state index contributed by atoms with van der Waals surface area (Å²) in [5.74, 6) is -0.187. The van der Waals surface area contributed by atoms with E-state index < -0.39 is 0 Å². The first-order chi connectivity index (χ1) is 18.2. The van der Waals surface area contributed by atoms with Crippen molar-refractivity contribution in [2.75, 3.05) is 62.2 Å². The van der Waals surface area contributed by atoms with Crippen molar-refractivity contribution in [1.82, 2.24) is 24.6 Å². The summed E-state index contributed by atoms with van der Waals surface area (Å²) in [7, 11) is 0. The number of rotatable bonds is 7. The van der Waals surface area contributed by atoms with Gasteiger partial charge in [0.15, 0.2) is 0 Å². The highest BCUT2D eigenvalue weighted by Crippen LogP contribution is 2.26. The van der Waals surface area contributed by atoms with Gasteiger partial charge in [-0.25, -0.2) is 4.39 Å². The van der Waals surface area contributed by atoms with Crippen molar-refractivity contribution in [3.63, 3.8) is 0 Å². The summed E-state index contributed by atoms with van der Waals surface area (Å²) in [6, 6.07) is 21.8. The van der Waals surface area contributed by atoms with Crippen LogP contribution in [0.25, 0.3) is 5.13 Å². The molecular weight excluding hydrogens is 485 g/mol. The molecule has 2 aliphatic rings. The van der Waals surface area contributed by atoms with Gasteiger partial charge in [0.2, 0.25) is 10.3 Å². The molecule has 4 heterocycles. The third-order valence-electron chi connectivity index (χ3n) is 7.28. The highest BCUT2D eigenvalue weighted by atomic mass is 32.1. The summed E-state index contributed by atoms with van der Waals surface area (Å²) in [6.07, 6.45) is 2.09. The molecule has 0 saturated carbocycles. The average Bonchev–Trinajstić information content (AvgIpc) is 3.61. The van der Waals surface area contributed by atoms with Crippen LogP contribution in [-0.2, 0) is 13.1 Å². The zero-order valence-corrected chi connectivity index (χ0v) is 21.7. The van der Waals surface area contributed by atoms with Crippen LogP contribution in [0, 0.1) is 5.82 Å². The molecule has 9 heteroatoms. The maximum Gasteiger partial charge on any atom is 0.218 e. The first-order valence-electron chi connectivity index (χ1n) is 13.0. The summed E-state index contributed by atoms with van der Waals surface area (Å²) in [4.78, 5) is 9.67. The number of halogens is 1. The molecule has 2 saturated heterocycles. The van der Waals surface area contributed by atoms with Gasteiger partial charge in [0, 0.05) is 83.0 Å². The van der Waals surface area contributed by atoms with Crippen LogP contribution in [0.1, 0.15) is 11.3 Å². The van der Waals surface area contributed by atoms with Gasteiger partial charge in [-0.1, -0.05) is 41.7 Å². The van der Waals surface area contributed by atoms with Crippen molar-refractivity contribution < 1.29 is 4.39 Å². The molecule has 0 N–H and O–H groups in total. The van der Waals surface area contributed by atoms with Gasteiger partial charge in [-0.2, -0.15) is 0 Å². The second-order valence-electron chi connectivity index (χ2n) is 9.73. The van der Waals surface area contributed by atoms with E-state index in [-0.39, 0.29) is 5.82 Å². The Hall–Kier alpha value is -3.27. The van der Waals surface area contributed by atoms with E-state index in [1.54, 1.807) is 11.3 Å². The van der Waals surface area contributed by atoms with E-state index >= 15 is 0 Å². The lowest BCUT2D eigenvalue weighted by Gasteiger charge is -2.36. The second-order valence-corrected chi connectivity index (χ2v) is 10.7. The number of aromatic nitrogens is 3. The smallest absolute Gasteiger partial charge is 0.218 e. The van der Waals surface area contributed by atoms with E-state index in [9.17, 15) is 4.39 Å². The van der Waals surface area contributed by atoms with Gasteiger partial charge < -0.3 is 9.80 Å². The van der Waals surface area contributed by atoms with Gasteiger partial charge in [0.1, 0.15) is 5.82 Å². The molecule has 0 aliphatic carbocycles. The quantitative estimate of drug-likeness (QED) is 0.368. The second kappa shape index (κ2) is 11.0. The van der Waals surface area contributed by atoms with Crippen molar-refractivity contribution in [3.05, 3.63) is 90.0 Å². The molecule has 6 rings (SSSR count). The standard InChI is InChI=1S/C28H32FN7S/c29-24-8-10-25(11-9-24)34-17-13-33(14-18-34)22-26-7-4-12-36(26)28-31-30-27(37-28)35-19-15-32(16-20-35)21-23-5-2-1-3-6-23/h1-12H,13-22H2. The fourth-order valence-electron chi connectivity index (χ4n) is 5.15. The predicted molar refractivity (Wildman–Crippen MR) is 147 cm³/mol. The molecule has 0 amide bonds. The van der Waals surface area contributed by atoms with Crippen molar-refractivity contribution in [2.24, 2.45) is 0 Å². The van der Waals surface area contributed by atoms with Crippen LogP contribution in [0.5, 0.6) is 0 Å². The lowest BCUT2D eigenvalue weighted by Crippen LogP contribution is -2.46. The van der Waals surface area contributed by atoms with E-state index in [0.29, 0.717) is 0 Å². The summed E-state index contributed by atoms with van der Waals surface area (Å²) < 4.78 is 15.4. The highest BCUT2D eigenvalue weighted by molar-refractivity contribution is 7.17. The van der Waals surface area contributed by atoms with E-state index in [1.807, 2.05) is 12.1 Å². The Labute approximate surface area is 221 Å². The third-order valence-corrected chi connectivity index (χ3v) is 8.27. The van der Waals surface area contributed by atoms with E-state index in [0.717, 1.165) is 81.4 Å². The Bertz CT molecular complexity index is 1270. The van der Waals surface area contributed by atoms with E-state index in [4.69, 9.17) is 0 Å². The monoisotopic (exact) mass is 517 g/mol. The van der Waals surface area contributed by atoms with E-state index in [2.05, 4.69) is 83.0 Å². The molecule has 2 aromatic carbocycles. The molecule has 192 valence electrons. The van der Waals surface area contributed by atoms with Gasteiger partial charge in [-0.3, -0.25) is 14.4 Å². The summed E-state index contributed by atoms with van der Waals surface area (Å²) in [5.41, 5.74) is 3.68. The van der Waals surface area contributed by atoms with Crippen molar-refractivity contribution in [2.45, 2.75) is 13.1 Å². The maximum atomic E-state index is 13.3. The van der Waals surface area contributed by atoms with Crippen LogP contribution < -0.4 is 9.80 Å². The molecule has 37 heavy (non-hydrogen) atoms. The highest BCUT2D eigenvalue weighted by Gasteiger charge is 2.22. The molecule has 0 atom stereocenters. The molecule has 0 unspecified atom stereocenters. The number of hydrogen-bond acceptors (Lipinski definition) is 7. The SMILES string of the molecule is Fc1ccc(N2CCN(Cc3cccn3-c3nnc(N4CCN(Cc5ccccc5)CC4)s3)CC2)cc1. The molecule has 7 nitrogen and oxygen atoms in total. The molecule has 4 aromatic rings. The fraction of sp³-hybridized carbons (Fsp3) is 0.357. The Balaban J connectivity index is 1.03. The Morgan fingerprint density at radius 1 is 0.649 bits per heavy atom. The Kier molecular flexibility index (Phi) is 7.16. The zero-order valence-electron chi connectivity index (χ0n) is 20.9. The lowest BCUT2D eigenvalue weighted by molar-refractivity contribution is 0.246. The van der Waals surface area contributed by atoms with Crippen LogP contribution in [-0.4, -0.2) is 76.9 Å². The van der Waals surface area contributed by atoms with Crippen LogP contribution in [0.2, 0.25) is 0 Å². The van der Waals surface area contributed by atoms with Crippen LogP contribution in [0.4, 0.5) is 15.2 Å². The number of hydrogen-bond donors (Lipinski definition) is 0. The van der Waals surface area contributed by atoms with Gasteiger partial charge in [-0.15, -0.1) is 10.2 Å². The molecule has 2 aromatic heterocycles. The van der Waals surface area contributed by atoms with Crippen LogP contribution >= 0.6 is 11.3 Å². The lowest BCUT2D eigenvalue weighted by atomic mass is 10.2. The fourth-order valence-corrected chi connectivity index (χ4v) is 6.06. The number of piperazine rings is 2. The first kappa shape index (κ1) is 24.1. The molecule has 0 radical (unpaired) electrons. The van der Waals surface area contributed by atoms with Crippen LogP contribution in [0.15, 0.2) is 72.9 Å². The van der Waals surface area contributed by atoms with Crippen molar-refractivity contribution in [3.8, 4) is 5.13 Å². The molecule has 0 spiro atoms. The van der Waals surface area contributed by atoms with Crippen molar-refractivity contribution in [1.29, 1.82) is 0 Å². The first-order valence-corrected chi connectivity index (χ1v) is 13.8. The summed E-state index contributed by atoms with van der Waals surface area (Å²) in [5, 5.41) is 11.0. The van der Waals surface area contributed by atoms with Gasteiger partial charge in [0.05, 0.1) is 0 Å². The van der Waals surface area contributed by atoms with Gasteiger partial charge >= 0.3 is 0 Å². The van der Waals surface area contributed by atoms with Gasteiger partial charge in [-0.05, 0) is 42.0 Å². The summed E-state index contributed by atoms with van der Waals surface area (Å²) in [6.45, 7) is 9.69. The minimum absolute atomic E-state index is 0.187. The normalized spacial score (nSPS) is 17.4. The molecule has 2 fully saturated rings. The predicted octanol–water partition coefficient (Wildman–Crippen LogP) is 4.11. The maximum absolute atomic E-state index is 13.3. The van der Waals surface area contributed by atoms with E-state index in [1.165, 1.54) is 23.4 Å². The minimum atomic E-state index is -0.187. The number of nitrogens with zero attached hydrogens (tertiary/aromatic N) is 7. The Morgan fingerprint density at radius 2 is 1.30 bits per heavy atom. The van der Waals surface area contributed by atoms with Crippen LogP contribution in [0.3, 0.4) is 0 Å². The third kappa shape index (κ3) is 5.69. The van der Waals surface area contributed by atoms with Gasteiger partial charge in [0.25, 0.3) is 0 Å². The molecule has 2 aliphatic heterocycles. The molecule has 0 bridgehead atoms. The topological polar surface area (TPSA) is 43.7 Å². The molecular formula is C28H32FN7S. The number of anilines is 2. The average molecular weight is 518 g/mol. The number of benzene rings is 2. The summed E-state index contributed by atoms with van der Waals surface area (Å²) >= 11 is 1.67. The Morgan fingerprint density at radius 3 is 2.03 bits per heavy atom. The minimum Gasteiger partial charge on any atom is -0.369 e. The zero-order chi connectivity index (χ0) is 25.0. The largest absolute Gasteiger partial charge is 0.369 e. The van der Waals surface area contributed by atoms with Crippen molar-refractivity contribution >= 4 is 22.2 Å².